The van der Waals surface area contributed by atoms with Crippen molar-refractivity contribution < 1.29 is 4.79 Å². The number of nitrogens with zero attached hydrogens (tertiary/aromatic N) is 1. The van der Waals surface area contributed by atoms with E-state index in [2.05, 4.69) is 13.8 Å². The van der Waals surface area contributed by atoms with E-state index >= 15 is 0 Å². The second-order valence-electron chi connectivity index (χ2n) is 6.52. The van der Waals surface area contributed by atoms with Gasteiger partial charge in [0.25, 0.3) is 0 Å². The first-order valence-corrected chi connectivity index (χ1v) is 6.94. The van der Waals surface area contributed by atoms with Crippen molar-refractivity contribution in [3.8, 4) is 0 Å². The molecular formula is C14H26N2O. The van der Waals surface area contributed by atoms with Crippen LogP contribution in [0, 0.1) is 17.3 Å². The number of rotatable bonds is 4. The van der Waals surface area contributed by atoms with Gasteiger partial charge in [-0.15, -0.1) is 0 Å². The van der Waals surface area contributed by atoms with Crippen LogP contribution in [0.1, 0.15) is 46.0 Å². The Kier molecular flexibility index (Phi) is 3.48. The minimum absolute atomic E-state index is 0.175. The number of amides is 1. The zero-order valence-corrected chi connectivity index (χ0v) is 11.4. The van der Waals surface area contributed by atoms with Crippen molar-refractivity contribution in [3.05, 3.63) is 0 Å². The quantitative estimate of drug-likeness (QED) is 0.814. The molecule has 17 heavy (non-hydrogen) atoms. The van der Waals surface area contributed by atoms with Gasteiger partial charge in [0.2, 0.25) is 5.91 Å². The van der Waals surface area contributed by atoms with E-state index in [9.17, 15) is 4.79 Å². The van der Waals surface area contributed by atoms with Gasteiger partial charge in [-0.25, -0.2) is 0 Å². The number of hydrogen-bond acceptors (Lipinski definition) is 2. The third kappa shape index (κ3) is 2.49. The first-order valence-electron chi connectivity index (χ1n) is 6.94. The maximum Gasteiger partial charge on any atom is 0.226 e. The SMILES string of the molecule is CN(C(=O)C1CCCC1(C)C)C(CN)C1CC1. The van der Waals surface area contributed by atoms with Gasteiger partial charge >= 0.3 is 0 Å². The molecule has 0 aromatic rings. The molecule has 2 unspecified atom stereocenters. The van der Waals surface area contributed by atoms with Crippen molar-refractivity contribution in [2.24, 2.45) is 23.0 Å². The van der Waals surface area contributed by atoms with Crippen LogP contribution in [0.5, 0.6) is 0 Å². The van der Waals surface area contributed by atoms with E-state index in [-0.39, 0.29) is 17.4 Å². The van der Waals surface area contributed by atoms with Crippen LogP contribution in [0.25, 0.3) is 0 Å². The van der Waals surface area contributed by atoms with E-state index in [1.165, 1.54) is 25.7 Å². The van der Waals surface area contributed by atoms with Gasteiger partial charge in [-0.05, 0) is 37.0 Å². The molecule has 2 N–H and O–H groups in total. The first-order chi connectivity index (χ1) is 7.97. The molecule has 2 saturated carbocycles. The predicted molar refractivity (Wildman–Crippen MR) is 69.5 cm³/mol. The van der Waals surface area contributed by atoms with E-state index in [4.69, 9.17) is 5.73 Å². The highest BCUT2D eigenvalue weighted by Crippen LogP contribution is 2.44. The Morgan fingerprint density at radius 2 is 2.06 bits per heavy atom. The van der Waals surface area contributed by atoms with E-state index in [0.717, 1.165) is 6.42 Å². The lowest BCUT2D eigenvalue weighted by Gasteiger charge is -2.34. The normalized spacial score (nSPS) is 29.1. The molecule has 98 valence electrons. The standard InChI is InChI=1S/C14H26N2O/c1-14(2)8-4-5-11(14)13(17)16(3)12(9-15)10-6-7-10/h10-12H,4-9,15H2,1-3H3. The first kappa shape index (κ1) is 12.9. The van der Waals surface area contributed by atoms with E-state index in [1.807, 2.05) is 11.9 Å². The van der Waals surface area contributed by atoms with E-state index in [1.54, 1.807) is 0 Å². The summed E-state index contributed by atoms with van der Waals surface area (Å²) < 4.78 is 0. The number of carbonyl (C=O) groups excluding carboxylic acids is 1. The molecular weight excluding hydrogens is 212 g/mol. The summed E-state index contributed by atoms with van der Waals surface area (Å²) in [5.74, 6) is 1.20. The molecule has 0 aliphatic heterocycles. The second-order valence-corrected chi connectivity index (χ2v) is 6.52. The number of likely N-dealkylation sites (N-methyl/N-ethyl adjacent to an activating group) is 1. The van der Waals surface area contributed by atoms with E-state index < -0.39 is 0 Å². The largest absolute Gasteiger partial charge is 0.341 e. The Balaban J connectivity index is 2.03. The van der Waals surface area contributed by atoms with Crippen LogP contribution in [0.4, 0.5) is 0 Å². The summed E-state index contributed by atoms with van der Waals surface area (Å²) in [6, 6.07) is 0.277. The highest BCUT2D eigenvalue weighted by Gasteiger charge is 2.43. The van der Waals surface area contributed by atoms with Crippen molar-refractivity contribution in [3.63, 3.8) is 0 Å². The van der Waals surface area contributed by atoms with Gasteiger partial charge in [0.1, 0.15) is 0 Å². The maximum atomic E-state index is 12.6. The molecule has 0 heterocycles. The van der Waals surface area contributed by atoms with Crippen LogP contribution in [-0.4, -0.2) is 30.4 Å². The molecule has 0 spiro atoms. The Morgan fingerprint density at radius 1 is 1.41 bits per heavy atom. The Hall–Kier alpha value is -0.570. The Bertz CT molecular complexity index is 297. The minimum atomic E-state index is 0.175. The van der Waals surface area contributed by atoms with Crippen molar-refractivity contribution in [1.29, 1.82) is 0 Å². The molecule has 3 heteroatoms. The van der Waals surface area contributed by atoms with Gasteiger partial charge in [-0.2, -0.15) is 0 Å². The zero-order chi connectivity index (χ0) is 12.6. The summed E-state index contributed by atoms with van der Waals surface area (Å²) in [5.41, 5.74) is 6.00. The lowest BCUT2D eigenvalue weighted by atomic mass is 9.81. The lowest BCUT2D eigenvalue weighted by Crippen LogP contribution is -2.47. The average Bonchev–Trinajstić information content (AvgIpc) is 3.03. The third-order valence-electron chi connectivity index (χ3n) is 4.81. The zero-order valence-electron chi connectivity index (χ0n) is 11.4. The van der Waals surface area contributed by atoms with Gasteiger partial charge in [0.15, 0.2) is 0 Å². The fraction of sp³-hybridized carbons (Fsp3) is 0.929. The van der Waals surface area contributed by atoms with Gasteiger partial charge in [0.05, 0.1) is 0 Å². The van der Waals surface area contributed by atoms with Gasteiger partial charge in [0, 0.05) is 25.6 Å². The predicted octanol–water partition coefficient (Wildman–Crippen LogP) is 2.01. The van der Waals surface area contributed by atoms with Crippen molar-refractivity contribution in [2.45, 2.75) is 52.0 Å². The fourth-order valence-corrected chi connectivity index (χ4v) is 3.34. The summed E-state index contributed by atoms with van der Waals surface area (Å²) in [7, 11) is 1.95. The summed E-state index contributed by atoms with van der Waals surface area (Å²) in [4.78, 5) is 14.5. The smallest absolute Gasteiger partial charge is 0.226 e. The molecule has 2 atom stereocenters. The van der Waals surface area contributed by atoms with Crippen LogP contribution < -0.4 is 5.73 Å². The molecule has 1 amide bonds. The highest BCUT2D eigenvalue weighted by molar-refractivity contribution is 5.80. The van der Waals surface area contributed by atoms with Crippen molar-refractivity contribution >= 4 is 5.91 Å². The van der Waals surface area contributed by atoms with Gasteiger partial charge in [-0.1, -0.05) is 20.3 Å². The molecule has 0 aromatic heterocycles. The fourth-order valence-electron chi connectivity index (χ4n) is 3.34. The maximum absolute atomic E-state index is 12.6. The second kappa shape index (κ2) is 4.60. The van der Waals surface area contributed by atoms with Crippen molar-refractivity contribution in [1.82, 2.24) is 4.90 Å². The number of hydrogen-bond donors (Lipinski definition) is 1. The molecule has 2 fully saturated rings. The lowest BCUT2D eigenvalue weighted by molar-refractivity contribution is -0.139. The Morgan fingerprint density at radius 3 is 2.47 bits per heavy atom. The van der Waals surface area contributed by atoms with Crippen LogP contribution in [-0.2, 0) is 4.79 Å². The molecule has 2 rings (SSSR count). The van der Waals surface area contributed by atoms with Gasteiger partial charge < -0.3 is 10.6 Å². The molecule has 0 bridgehead atoms. The highest BCUT2D eigenvalue weighted by atomic mass is 16.2. The van der Waals surface area contributed by atoms with Gasteiger partial charge in [-0.3, -0.25) is 4.79 Å². The molecule has 2 aliphatic rings. The van der Waals surface area contributed by atoms with Crippen LogP contribution in [0.15, 0.2) is 0 Å². The molecule has 0 radical (unpaired) electrons. The van der Waals surface area contributed by atoms with Crippen LogP contribution >= 0.6 is 0 Å². The average molecular weight is 238 g/mol. The van der Waals surface area contributed by atoms with Crippen molar-refractivity contribution in [2.75, 3.05) is 13.6 Å². The van der Waals surface area contributed by atoms with Crippen LogP contribution in [0.2, 0.25) is 0 Å². The summed E-state index contributed by atoms with van der Waals surface area (Å²) in [6.07, 6.45) is 5.90. The summed E-state index contributed by atoms with van der Waals surface area (Å²) in [5, 5.41) is 0. The topological polar surface area (TPSA) is 46.3 Å². The molecule has 3 nitrogen and oxygen atoms in total. The number of nitrogens with two attached hydrogens (primary N) is 1. The molecule has 0 aromatic carbocycles. The van der Waals surface area contributed by atoms with Crippen LogP contribution in [0.3, 0.4) is 0 Å². The summed E-state index contributed by atoms with van der Waals surface area (Å²) >= 11 is 0. The monoisotopic (exact) mass is 238 g/mol. The summed E-state index contributed by atoms with van der Waals surface area (Å²) in [6.45, 7) is 5.07. The Labute approximate surface area is 105 Å². The van der Waals surface area contributed by atoms with E-state index in [0.29, 0.717) is 18.4 Å². The molecule has 2 aliphatic carbocycles. The minimum Gasteiger partial charge on any atom is -0.341 e. The number of carbonyl (C=O) groups is 1. The third-order valence-corrected chi connectivity index (χ3v) is 4.81. The molecule has 0 saturated heterocycles.